The molecule has 0 aromatic heterocycles. The Morgan fingerprint density at radius 3 is 1.80 bits per heavy atom. The lowest BCUT2D eigenvalue weighted by molar-refractivity contribution is -0.384. The Morgan fingerprint density at radius 1 is 0.920 bits per heavy atom. The van der Waals surface area contributed by atoms with Crippen LogP contribution in [0.25, 0.3) is 0 Å². The number of benzene rings is 1. The molecule has 0 aliphatic carbocycles. The van der Waals surface area contributed by atoms with Gasteiger partial charge in [0.1, 0.15) is 0 Å². The van der Waals surface area contributed by atoms with E-state index in [1.807, 2.05) is 12.1 Å². The molecule has 0 saturated carbocycles. The van der Waals surface area contributed by atoms with Crippen molar-refractivity contribution in [2.45, 2.75) is 57.0 Å². The summed E-state index contributed by atoms with van der Waals surface area (Å²) in [4.78, 5) is 10.4. The van der Waals surface area contributed by atoms with Gasteiger partial charge >= 0.3 is 0 Å². The zero-order valence-corrected chi connectivity index (χ0v) is 15.0. The minimum absolute atomic E-state index is 0.105. The first-order chi connectivity index (χ1) is 12.0. The molecule has 1 aromatic rings. The van der Waals surface area contributed by atoms with Crippen LogP contribution >= 0.6 is 0 Å². The molecular formula is C18H33N5O2. The van der Waals surface area contributed by atoms with Crippen LogP contribution in [0.4, 0.5) is 5.69 Å². The molecule has 1 rings (SSSR count). The minimum Gasteiger partial charge on any atom is -0.330 e. The van der Waals surface area contributed by atoms with Crippen molar-refractivity contribution in [3.63, 3.8) is 0 Å². The van der Waals surface area contributed by atoms with Crippen molar-refractivity contribution in [1.82, 2.24) is 0 Å². The van der Waals surface area contributed by atoms with E-state index in [0.29, 0.717) is 19.0 Å². The van der Waals surface area contributed by atoms with Gasteiger partial charge in [0, 0.05) is 24.2 Å². The monoisotopic (exact) mass is 351 g/mol. The van der Waals surface area contributed by atoms with E-state index in [-0.39, 0.29) is 22.7 Å². The zero-order chi connectivity index (χ0) is 18.7. The van der Waals surface area contributed by atoms with E-state index in [4.69, 9.17) is 22.9 Å². The maximum atomic E-state index is 10.8. The van der Waals surface area contributed by atoms with Gasteiger partial charge in [-0.05, 0) is 69.5 Å². The number of nitro benzene ring substituents is 1. The smallest absolute Gasteiger partial charge is 0.269 e. The van der Waals surface area contributed by atoms with E-state index in [0.717, 1.165) is 50.5 Å². The second-order valence-corrected chi connectivity index (χ2v) is 6.85. The minimum atomic E-state index is -0.382. The maximum absolute atomic E-state index is 10.8. The summed E-state index contributed by atoms with van der Waals surface area (Å²) in [7, 11) is 0. The lowest BCUT2D eigenvalue weighted by Gasteiger charge is -2.24. The van der Waals surface area contributed by atoms with Crippen LogP contribution in [0.2, 0.25) is 0 Å². The van der Waals surface area contributed by atoms with Gasteiger partial charge in [0.05, 0.1) is 4.92 Å². The molecule has 0 radical (unpaired) electrons. The fraction of sp³-hybridized carbons (Fsp3) is 0.667. The standard InChI is InChI=1S/C18H33N5O2/c19-9-1-3-16(21)12-15(13-17(22)4-2-10-20)11-14-5-7-18(8-6-14)23(24)25/h5-8,15-17H,1-4,9-13,19-22H2. The average molecular weight is 351 g/mol. The second kappa shape index (κ2) is 11.9. The Labute approximate surface area is 150 Å². The second-order valence-electron chi connectivity index (χ2n) is 6.85. The number of hydrogen-bond donors (Lipinski definition) is 4. The molecule has 7 heteroatoms. The van der Waals surface area contributed by atoms with Gasteiger partial charge < -0.3 is 22.9 Å². The van der Waals surface area contributed by atoms with Crippen molar-refractivity contribution in [1.29, 1.82) is 0 Å². The van der Waals surface area contributed by atoms with E-state index < -0.39 is 0 Å². The van der Waals surface area contributed by atoms with Crippen LogP contribution in [0.1, 0.15) is 44.1 Å². The van der Waals surface area contributed by atoms with Crippen molar-refractivity contribution in [2.24, 2.45) is 28.9 Å². The van der Waals surface area contributed by atoms with Crippen LogP contribution in [0, 0.1) is 16.0 Å². The van der Waals surface area contributed by atoms with Crippen molar-refractivity contribution in [3.05, 3.63) is 39.9 Å². The summed E-state index contributed by atoms with van der Waals surface area (Å²) in [6, 6.07) is 6.95. The quantitative estimate of drug-likeness (QED) is 0.314. The highest BCUT2D eigenvalue weighted by atomic mass is 16.6. The van der Waals surface area contributed by atoms with Crippen LogP contribution in [-0.2, 0) is 6.42 Å². The molecular weight excluding hydrogens is 318 g/mol. The van der Waals surface area contributed by atoms with E-state index in [2.05, 4.69) is 0 Å². The van der Waals surface area contributed by atoms with Gasteiger partial charge in [0.15, 0.2) is 0 Å². The third-order valence-corrected chi connectivity index (χ3v) is 4.50. The Hall–Kier alpha value is -1.54. The van der Waals surface area contributed by atoms with E-state index in [9.17, 15) is 10.1 Å². The molecule has 0 amide bonds. The van der Waals surface area contributed by atoms with Crippen molar-refractivity contribution < 1.29 is 4.92 Å². The van der Waals surface area contributed by atoms with E-state index >= 15 is 0 Å². The van der Waals surface area contributed by atoms with Crippen LogP contribution in [-0.4, -0.2) is 30.1 Å². The third-order valence-electron chi connectivity index (χ3n) is 4.50. The fourth-order valence-electron chi connectivity index (χ4n) is 3.20. The number of nitrogens with zero attached hydrogens (tertiary/aromatic N) is 1. The normalized spacial score (nSPS) is 14.9. The summed E-state index contributed by atoms with van der Waals surface area (Å²) in [6.07, 6.45) is 6.25. The molecule has 0 bridgehead atoms. The molecule has 0 saturated heterocycles. The first-order valence-electron chi connectivity index (χ1n) is 9.10. The molecule has 2 atom stereocenters. The van der Waals surface area contributed by atoms with Gasteiger partial charge in [-0.3, -0.25) is 10.1 Å². The van der Waals surface area contributed by atoms with Gasteiger partial charge in [-0.25, -0.2) is 0 Å². The summed E-state index contributed by atoms with van der Waals surface area (Å²) in [5, 5.41) is 10.8. The number of non-ortho nitro benzene ring substituents is 1. The average Bonchev–Trinajstić information content (AvgIpc) is 2.58. The summed E-state index contributed by atoms with van der Waals surface area (Å²) in [5.74, 6) is 0.349. The molecule has 8 N–H and O–H groups in total. The van der Waals surface area contributed by atoms with Crippen LogP contribution in [0.5, 0.6) is 0 Å². The highest BCUT2D eigenvalue weighted by Gasteiger charge is 2.18. The highest BCUT2D eigenvalue weighted by molar-refractivity contribution is 5.33. The number of rotatable bonds is 13. The Morgan fingerprint density at radius 2 is 1.40 bits per heavy atom. The first-order valence-corrected chi connectivity index (χ1v) is 9.10. The third kappa shape index (κ3) is 8.92. The predicted molar refractivity (Wildman–Crippen MR) is 102 cm³/mol. The van der Waals surface area contributed by atoms with Crippen LogP contribution in [0.15, 0.2) is 24.3 Å². The summed E-state index contributed by atoms with van der Waals surface area (Å²) >= 11 is 0. The largest absolute Gasteiger partial charge is 0.330 e. The van der Waals surface area contributed by atoms with Gasteiger partial charge in [0.25, 0.3) is 5.69 Å². The van der Waals surface area contributed by atoms with Crippen LogP contribution in [0.3, 0.4) is 0 Å². The number of hydrogen-bond acceptors (Lipinski definition) is 6. The van der Waals surface area contributed by atoms with Crippen molar-refractivity contribution >= 4 is 5.69 Å². The number of nitrogens with two attached hydrogens (primary N) is 4. The molecule has 7 nitrogen and oxygen atoms in total. The van der Waals surface area contributed by atoms with Crippen LogP contribution < -0.4 is 22.9 Å². The fourth-order valence-corrected chi connectivity index (χ4v) is 3.20. The molecule has 0 fully saturated rings. The van der Waals surface area contributed by atoms with Crippen molar-refractivity contribution in [2.75, 3.05) is 13.1 Å². The summed E-state index contributed by atoms with van der Waals surface area (Å²) < 4.78 is 0. The predicted octanol–water partition coefficient (Wildman–Crippen LogP) is 1.67. The van der Waals surface area contributed by atoms with E-state index in [1.165, 1.54) is 0 Å². The Balaban J connectivity index is 2.69. The highest BCUT2D eigenvalue weighted by Crippen LogP contribution is 2.23. The molecule has 142 valence electrons. The first kappa shape index (κ1) is 21.5. The lowest BCUT2D eigenvalue weighted by Crippen LogP contribution is -2.30. The Kier molecular flexibility index (Phi) is 10.3. The van der Waals surface area contributed by atoms with Crippen molar-refractivity contribution in [3.8, 4) is 0 Å². The van der Waals surface area contributed by atoms with E-state index in [1.54, 1.807) is 12.1 Å². The Bertz CT molecular complexity index is 479. The van der Waals surface area contributed by atoms with Gasteiger partial charge in [-0.1, -0.05) is 12.1 Å². The van der Waals surface area contributed by atoms with Gasteiger partial charge in [-0.15, -0.1) is 0 Å². The number of nitro groups is 1. The molecule has 1 aromatic carbocycles. The van der Waals surface area contributed by atoms with Gasteiger partial charge in [-0.2, -0.15) is 0 Å². The molecule has 2 unspecified atom stereocenters. The SMILES string of the molecule is NCCCC(N)CC(Cc1ccc([N+](=O)[O-])cc1)CC(N)CCCN. The molecule has 0 aliphatic heterocycles. The summed E-state index contributed by atoms with van der Waals surface area (Å²) in [6.45, 7) is 1.30. The summed E-state index contributed by atoms with van der Waals surface area (Å²) in [5.41, 5.74) is 24.8. The van der Waals surface area contributed by atoms with Gasteiger partial charge in [0.2, 0.25) is 0 Å². The maximum Gasteiger partial charge on any atom is 0.269 e. The topological polar surface area (TPSA) is 147 Å². The molecule has 0 spiro atoms. The molecule has 25 heavy (non-hydrogen) atoms. The molecule has 0 heterocycles. The zero-order valence-electron chi connectivity index (χ0n) is 15.0. The lowest BCUT2D eigenvalue weighted by atomic mass is 9.85. The molecule has 0 aliphatic rings.